The van der Waals surface area contributed by atoms with Crippen LogP contribution in [0.2, 0.25) is 0 Å². The number of nitrogens with two attached hydrogens (primary N) is 1. The van der Waals surface area contributed by atoms with Crippen LogP contribution in [0.1, 0.15) is 5.69 Å². The molecule has 1 aromatic carbocycles. The minimum absolute atomic E-state index is 0.452. The largest absolute Gasteiger partial charge is 0.383 e. The molecule has 25 heavy (non-hydrogen) atoms. The van der Waals surface area contributed by atoms with Crippen LogP contribution in [0.15, 0.2) is 54.9 Å². The van der Waals surface area contributed by atoms with Crippen LogP contribution in [0.25, 0.3) is 22.2 Å². The summed E-state index contributed by atoms with van der Waals surface area (Å²) in [4.78, 5) is 4.52. The molecule has 3 heterocycles. The summed E-state index contributed by atoms with van der Waals surface area (Å²) in [5.41, 5.74) is 10.5. The predicted octanol–water partition coefficient (Wildman–Crippen LogP) is 2.65. The van der Waals surface area contributed by atoms with Crippen molar-refractivity contribution < 1.29 is 0 Å². The Morgan fingerprint density at radius 1 is 1.08 bits per heavy atom. The first-order valence-corrected chi connectivity index (χ1v) is 8.02. The molecule has 124 valence electrons. The third kappa shape index (κ3) is 2.99. The minimum atomic E-state index is 0.452. The summed E-state index contributed by atoms with van der Waals surface area (Å²) >= 11 is 0. The normalized spacial score (nSPS) is 10.9. The summed E-state index contributed by atoms with van der Waals surface area (Å²) in [6.07, 6.45) is 4.20. The number of para-hydroxylation sites is 1. The second-order valence-electron chi connectivity index (χ2n) is 5.62. The average molecular weight is 331 g/mol. The number of fused-ring (bicyclic) bond motifs is 1. The molecule has 0 bridgehead atoms. The second kappa shape index (κ2) is 6.56. The molecule has 4 N–H and O–H groups in total. The number of nitrogens with zero attached hydrogens (tertiary/aromatic N) is 4. The van der Waals surface area contributed by atoms with Crippen LogP contribution in [-0.2, 0) is 6.42 Å². The molecule has 0 aliphatic carbocycles. The van der Waals surface area contributed by atoms with Crippen molar-refractivity contribution in [3.05, 3.63) is 60.6 Å². The van der Waals surface area contributed by atoms with Crippen LogP contribution in [-0.4, -0.2) is 31.9 Å². The van der Waals surface area contributed by atoms with Gasteiger partial charge in [0.25, 0.3) is 0 Å². The van der Waals surface area contributed by atoms with Gasteiger partial charge < -0.3 is 11.1 Å². The van der Waals surface area contributed by atoms with Gasteiger partial charge in [0.05, 0.1) is 28.2 Å². The van der Waals surface area contributed by atoms with E-state index in [0.29, 0.717) is 12.4 Å². The summed E-state index contributed by atoms with van der Waals surface area (Å²) in [6, 6.07) is 13.7. The van der Waals surface area contributed by atoms with E-state index >= 15 is 0 Å². The van der Waals surface area contributed by atoms with Crippen LogP contribution in [0.4, 0.5) is 11.5 Å². The number of aromatic amines is 1. The van der Waals surface area contributed by atoms with Gasteiger partial charge in [0.15, 0.2) is 0 Å². The van der Waals surface area contributed by atoms with Crippen molar-refractivity contribution in [2.45, 2.75) is 6.42 Å². The maximum Gasteiger partial charge on any atom is 0.135 e. The zero-order valence-corrected chi connectivity index (χ0v) is 13.5. The Balaban J connectivity index is 1.73. The molecular formula is C18H17N7. The zero-order chi connectivity index (χ0) is 17.1. The molecule has 7 heteroatoms. The number of hydrogen-bond acceptors (Lipinski definition) is 6. The van der Waals surface area contributed by atoms with Gasteiger partial charge in [0.1, 0.15) is 5.82 Å². The lowest BCUT2D eigenvalue weighted by molar-refractivity contribution is 0.888. The Kier molecular flexibility index (Phi) is 3.96. The van der Waals surface area contributed by atoms with Gasteiger partial charge in [-0.2, -0.15) is 15.3 Å². The van der Waals surface area contributed by atoms with E-state index in [9.17, 15) is 0 Å². The maximum atomic E-state index is 6.23. The van der Waals surface area contributed by atoms with Gasteiger partial charge in [-0.25, -0.2) is 4.98 Å². The molecule has 0 saturated heterocycles. The van der Waals surface area contributed by atoms with E-state index in [1.54, 1.807) is 12.4 Å². The lowest BCUT2D eigenvalue weighted by Gasteiger charge is -2.15. The monoisotopic (exact) mass is 331 g/mol. The first-order valence-electron chi connectivity index (χ1n) is 8.02. The Morgan fingerprint density at radius 2 is 2.00 bits per heavy atom. The molecule has 7 nitrogen and oxygen atoms in total. The Labute approximate surface area is 144 Å². The summed E-state index contributed by atoms with van der Waals surface area (Å²) in [7, 11) is 0. The first kappa shape index (κ1) is 15.1. The summed E-state index contributed by atoms with van der Waals surface area (Å²) in [5.74, 6) is 0.452. The molecule has 0 radical (unpaired) electrons. The van der Waals surface area contributed by atoms with Crippen LogP contribution in [0.5, 0.6) is 0 Å². The number of H-pyrrole nitrogens is 1. The standard InChI is InChI=1S/C18H17N7/c19-18-16(15-8-11-22-25-15)17(13-5-1-2-6-14(13)23-18)20-10-7-12-4-3-9-21-24-12/h1-6,8-9,11H,7,10H2,(H,22,25)(H3,19,20,23). The van der Waals surface area contributed by atoms with Crippen LogP contribution in [0, 0.1) is 0 Å². The fourth-order valence-electron chi connectivity index (χ4n) is 2.86. The van der Waals surface area contributed by atoms with Crippen molar-refractivity contribution >= 4 is 22.4 Å². The molecule has 4 rings (SSSR count). The van der Waals surface area contributed by atoms with Crippen LogP contribution >= 0.6 is 0 Å². The predicted molar refractivity (Wildman–Crippen MR) is 98.0 cm³/mol. The molecule has 0 fully saturated rings. The number of aromatic nitrogens is 5. The van der Waals surface area contributed by atoms with E-state index < -0.39 is 0 Å². The minimum Gasteiger partial charge on any atom is -0.383 e. The molecular weight excluding hydrogens is 314 g/mol. The van der Waals surface area contributed by atoms with Crippen molar-refractivity contribution in [1.82, 2.24) is 25.4 Å². The maximum absolute atomic E-state index is 6.23. The van der Waals surface area contributed by atoms with Crippen molar-refractivity contribution in [1.29, 1.82) is 0 Å². The molecule has 0 saturated carbocycles. The van der Waals surface area contributed by atoms with Crippen LogP contribution < -0.4 is 11.1 Å². The number of hydrogen-bond donors (Lipinski definition) is 3. The van der Waals surface area contributed by atoms with Gasteiger partial charge >= 0.3 is 0 Å². The highest BCUT2D eigenvalue weighted by Gasteiger charge is 2.16. The van der Waals surface area contributed by atoms with Gasteiger partial charge in [0, 0.05) is 30.7 Å². The van der Waals surface area contributed by atoms with Gasteiger partial charge in [-0.3, -0.25) is 5.10 Å². The van der Waals surface area contributed by atoms with E-state index in [0.717, 1.165) is 40.0 Å². The molecule has 0 spiro atoms. The van der Waals surface area contributed by atoms with Crippen molar-refractivity contribution in [3.63, 3.8) is 0 Å². The fraction of sp³-hybridized carbons (Fsp3) is 0.111. The topological polar surface area (TPSA) is 105 Å². The van der Waals surface area contributed by atoms with E-state index in [4.69, 9.17) is 5.73 Å². The summed E-state index contributed by atoms with van der Waals surface area (Å²) in [6.45, 7) is 0.698. The highest BCUT2D eigenvalue weighted by Crippen LogP contribution is 2.36. The first-order chi connectivity index (χ1) is 12.3. The van der Waals surface area contributed by atoms with Crippen molar-refractivity contribution in [2.24, 2.45) is 0 Å². The van der Waals surface area contributed by atoms with E-state index in [1.807, 2.05) is 42.5 Å². The Bertz CT molecular complexity index is 981. The summed E-state index contributed by atoms with van der Waals surface area (Å²) < 4.78 is 0. The molecule has 0 atom stereocenters. The third-order valence-corrected chi connectivity index (χ3v) is 3.99. The molecule has 3 aromatic heterocycles. The Hall–Kier alpha value is -3.48. The molecule has 4 aromatic rings. The molecule has 0 amide bonds. The highest BCUT2D eigenvalue weighted by molar-refractivity contribution is 6.02. The SMILES string of the molecule is Nc1nc2ccccc2c(NCCc2cccnn2)c1-c1cc[nH]n1. The average Bonchev–Trinajstić information content (AvgIpc) is 3.16. The van der Waals surface area contributed by atoms with Crippen molar-refractivity contribution in [3.8, 4) is 11.3 Å². The van der Waals surface area contributed by atoms with Crippen molar-refractivity contribution in [2.75, 3.05) is 17.6 Å². The zero-order valence-electron chi connectivity index (χ0n) is 13.5. The summed E-state index contributed by atoms with van der Waals surface area (Å²) in [5, 5.41) is 19.6. The number of nitrogen functional groups attached to an aromatic ring is 1. The number of rotatable bonds is 5. The van der Waals surface area contributed by atoms with E-state index in [2.05, 4.69) is 30.7 Å². The van der Waals surface area contributed by atoms with Gasteiger partial charge in [0.2, 0.25) is 0 Å². The Morgan fingerprint density at radius 3 is 2.80 bits per heavy atom. The van der Waals surface area contributed by atoms with Gasteiger partial charge in [-0.1, -0.05) is 18.2 Å². The van der Waals surface area contributed by atoms with Gasteiger partial charge in [-0.05, 0) is 24.3 Å². The lowest BCUT2D eigenvalue weighted by atomic mass is 10.1. The van der Waals surface area contributed by atoms with Crippen LogP contribution in [0.3, 0.4) is 0 Å². The number of nitrogens with one attached hydrogen (secondary N) is 2. The number of pyridine rings is 1. The number of benzene rings is 1. The molecule has 0 aliphatic heterocycles. The molecule has 0 aliphatic rings. The third-order valence-electron chi connectivity index (χ3n) is 3.99. The lowest BCUT2D eigenvalue weighted by Crippen LogP contribution is -2.10. The highest BCUT2D eigenvalue weighted by atomic mass is 15.1. The number of anilines is 2. The van der Waals surface area contributed by atoms with E-state index in [-0.39, 0.29) is 0 Å². The molecule has 0 unspecified atom stereocenters. The second-order valence-corrected chi connectivity index (χ2v) is 5.62. The van der Waals surface area contributed by atoms with Gasteiger partial charge in [-0.15, -0.1) is 0 Å². The smallest absolute Gasteiger partial charge is 0.135 e. The fourth-order valence-corrected chi connectivity index (χ4v) is 2.86. The van der Waals surface area contributed by atoms with E-state index in [1.165, 1.54) is 0 Å². The quantitative estimate of drug-likeness (QED) is 0.519.